The van der Waals surface area contributed by atoms with Gasteiger partial charge in [-0.3, -0.25) is 9.52 Å². The number of methoxy groups -OCH3 is 1. The van der Waals surface area contributed by atoms with Crippen LogP contribution in [-0.4, -0.2) is 32.4 Å². The zero-order valence-corrected chi connectivity index (χ0v) is 11.2. The summed E-state index contributed by atoms with van der Waals surface area (Å²) in [5.74, 6) is -1.95. The molecule has 1 aromatic carbocycles. The van der Waals surface area contributed by atoms with Gasteiger partial charge in [0.15, 0.2) is 5.75 Å². The van der Waals surface area contributed by atoms with Crippen LogP contribution >= 0.6 is 15.9 Å². The number of carboxylic acids is 1. The third kappa shape index (κ3) is 4.61. The summed E-state index contributed by atoms with van der Waals surface area (Å²) in [5, 5.41) is 8.43. The van der Waals surface area contributed by atoms with Crippen molar-refractivity contribution < 1.29 is 23.1 Å². The summed E-state index contributed by atoms with van der Waals surface area (Å²) >= 11 is 3.18. The van der Waals surface area contributed by atoms with E-state index in [1.807, 2.05) is 0 Å². The van der Waals surface area contributed by atoms with Gasteiger partial charge in [-0.05, 0) is 12.1 Å². The fourth-order valence-electron chi connectivity index (χ4n) is 1.12. The smallest absolute Gasteiger partial charge is 0.320 e. The fourth-order valence-corrected chi connectivity index (χ4v) is 2.46. The van der Waals surface area contributed by atoms with Crippen LogP contribution in [0.1, 0.15) is 0 Å². The first kappa shape index (κ1) is 13.8. The predicted octanol–water partition coefficient (Wildman–Crippen LogP) is 1.28. The highest BCUT2D eigenvalue weighted by Crippen LogP contribution is 2.25. The number of sulfonamides is 1. The first-order chi connectivity index (χ1) is 7.82. The van der Waals surface area contributed by atoms with Crippen LogP contribution in [0, 0.1) is 0 Å². The maximum atomic E-state index is 11.4. The maximum Gasteiger partial charge on any atom is 0.320 e. The van der Waals surface area contributed by atoms with Crippen molar-refractivity contribution in [2.45, 2.75) is 0 Å². The van der Waals surface area contributed by atoms with Crippen LogP contribution in [0.2, 0.25) is 0 Å². The summed E-state index contributed by atoms with van der Waals surface area (Å²) in [4.78, 5) is 10.3. The van der Waals surface area contributed by atoms with Crippen LogP contribution in [0.4, 0.5) is 5.69 Å². The van der Waals surface area contributed by atoms with Crippen molar-refractivity contribution in [3.63, 3.8) is 0 Å². The Balaban J connectivity index is 2.95. The van der Waals surface area contributed by atoms with Gasteiger partial charge in [0, 0.05) is 10.5 Å². The molecule has 8 heteroatoms. The van der Waals surface area contributed by atoms with Gasteiger partial charge in [-0.15, -0.1) is 0 Å². The minimum Gasteiger partial charge on any atom is -0.497 e. The third-order valence-electron chi connectivity index (χ3n) is 1.69. The Morgan fingerprint density at radius 1 is 1.47 bits per heavy atom. The minimum atomic E-state index is -3.90. The van der Waals surface area contributed by atoms with Gasteiger partial charge in [-0.1, -0.05) is 15.9 Å². The number of rotatable bonds is 5. The number of hydrogen-bond donors (Lipinski definition) is 2. The zero-order valence-electron chi connectivity index (χ0n) is 8.81. The van der Waals surface area contributed by atoms with Gasteiger partial charge in [0.1, 0.15) is 5.75 Å². The summed E-state index contributed by atoms with van der Waals surface area (Å²) in [6.45, 7) is 0. The molecule has 0 unspecified atom stereocenters. The molecule has 0 aliphatic carbocycles. The molecule has 1 rings (SSSR count). The van der Waals surface area contributed by atoms with E-state index in [9.17, 15) is 13.2 Å². The molecule has 1 aromatic rings. The SMILES string of the molecule is COc1cc(Br)cc(NS(=O)(=O)CC(=O)O)c1. The number of hydrogen-bond acceptors (Lipinski definition) is 4. The molecule has 0 saturated carbocycles. The van der Waals surface area contributed by atoms with Crippen LogP contribution in [0.5, 0.6) is 5.75 Å². The Morgan fingerprint density at radius 3 is 2.65 bits per heavy atom. The second-order valence-electron chi connectivity index (χ2n) is 3.13. The van der Waals surface area contributed by atoms with Gasteiger partial charge in [0.25, 0.3) is 0 Å². The molecule has 0 aliphatic heterocycles. The molecule has 0 aromatic heterocycles. The summed E-state index contributed by atoms with van der Waals surface area (Å²) in [6, 6.07) is 4.60. The summed E-state index contributed by atoms with van der Waals surface area (Å²) in [5.41, 5.74) is 0.234. The van der Waals surface area contributed by atoms with E-state index < -0.39 is 21.7 Å². The first-order valence-corrected chi connectivity index (χ1v) is 6.84. The van der Waals surface area contributed by atoms with Crippen LogP contribution < -0.4 is 9.46 Å². The molecule has 0 amide bonds. The molecule has 17 heavy (non-hydrogen) atoms. The van der Waals surface area contributed by atoms with Crippen LogP contribution in [0.3, 0.4) is 0 Å². The molecule has 0 atom stereocenters. The number of carbonyl (C=O) groups is 1. The number of aliphatic carboxylic acids is 1. The summed E-state index contributed by atoms with van der Waals surface area (Å²) < 4.78 is 30.5. The van der Waals surface area contributed by atoms with Gasteiger partial charge in [0.05, 0.1) is 12.8 Å². The molecule has 0 radical (unpaired) electrons. The van der Waals surface area contributed by atoms with Crippen LogP contribution in [0.25, 0.3) is 0 Å². The summed E-state index contributed by atoms with van der Waals surface area (Å²) in [7, 11) is -2.46. The maximum absolute atomic E-state index is 11.4. The lowest BCUT2D eigenvalue weighted by atomic mass is 10.3. The number of anilines is 1. The largest absolute Gasteiger partial charge is 0.497 e. The number of nitrogens with one attached hydrogen (secondary N) is 1. The van der Waals surface area contributed by atoms with E-state index in [0.717, 1.165) is 0 Å². The fraction of sp³-hybridized carbons (Fsp3) is 0.222. The van der Waals surface area contributed by atoms with E-state index in [4.69, 9.17) is 9.84 Å². The van der Waals surface area contributed by atoms with Crippen molar-refractivity contribution in [3.8, 4) is 5.75 Å². The second kappa shape index (κ2) is 5.37. The molecule has 94 valence electrons. The molecule has 6 nitrogen and oxygen atoms in total. The predicted molar refractivity (Wildman–Crippen MR) is 65.7 cm³/mol. The Morgan fingerprint density at radius 2 is 2.12 bits per heavy atom. The molecular weight excluding hydrogens is 314 g/mol. The van der Waals surface area contributed by atoms with E-state index in [2.05, 4.69) is 20.7 Å². The molecular formula is C9H10BrNO5S. The molecule has 0 aliphatic rings. The Kier molecular flexibility index (Phi) is 4.35. The number of halogens is 1. The van der Waals surface area contributed by atoms with Gasteiger partial charge >= 0.3 is 5.97 Å². The van der Waals surface area contributed by atoms with Crippen molar-refractivity contribution in [2.75, 3.05) is 17.6 Å². The molecule has 0 bridgehead atoms. The standard InChI is InChI=1S/C9H10BrNO5S/c1-16-8-3-6(10)2-7(4-8)11-17(14,15)5-9(12)13/h2-4,11H,5H2,1H3,(H,12,13). The Hall–Kier alpha value is -1.28. The quantitative estimate of drug-likeness (QED) is 0.851. The molecule has 0 saturated heterocycles. The zero-order chi connectivity index (χ0) is 13.1. The molecule has 2 N–H and O–H groups in total. The lowest BCUT2D eigenvalue weighted by molar-refractivity contribution is -0.134. The van der Waals surface area contributed by atoms with Gasteiger partial charge in [0.2, 0.25) is 10.0 Å². The number of ether oxygens (including phenoxy) is 1. The normalized spacial score (nSPS) is 10.9. The number of carboxylic acid groups (broad SMARTS) is 1. The van der Waals surface area contributed by atoms with E-state index in [1.165, 1.54) is 19.2 Å². The molecule has 0 fully saturated rings. The van der Waals surface area contributed by atoms with E-state index in [1.54, 1.807) is 6.07 Å². The molecule has 0 heterocycles. The van der Waals surface area contributed by atoms with Crippen LogP contribution in [0.15, 0.2) is 22.7 Å². The lowest BCUT2D eigenvalue weighted by Crippen LogP contribution is -2.22. The van der Waals surface area contributed by atoms with Crippen molar-refractivity contribution in [1.29, 1.82) is 0 Å². The van der Waals surface area contributed by atoms with Crippen molar-refractivity contribution >= 4 is 37.6 Å². The highest BCUT2D eigenvalue weighted by molar-refractivity contribution is 9.10. The van der Waals surface area contributed by atoms with Gasteiger partial charge < -0.3 is 9.84 Å². The average molecular weight is 324 g/mol. The number of benzene rings is 1. The van der Waals surface area contributed by atoms with E-state index in [0.29, 0.717) is 10.2 Å². The Bertz CT molecular complexity index is 528. The van der Waals surface area contributed by atoms with Gasteiger partial charge in [-0.2, -0.15) is 0 Å². The Labute approximate surface area is 107 Å². The minimum absolute atomic E-state index is 0.234. The van der Waals surface area contributed by atoms with Crippen molar-refractivity contribution in [3.05, 3.63) is 22.7 Å². The average Bonchev–Trinajstić information content (AvgIpc) is 2.13. The topological polar surface area (TPSA) is 92.7 Å². The van der Waals surface area contributed by atoms with E-state index >= 15 is 0 Å². The van der Waals surface area contributed by atoms with Crippen LogP contribution in [-0.2, 0) is 14.8 Å². The van der Waals surface area contributed by atoms with Crippen molar-refractivity contribution in [1.82, 2.24) is 0 Å². The first-order valence-electron chi connectivity index (χ1n) is 4.39. The second-order valence-corrected chi connectivity index (χ2v) is 5.77. The molecule has 0 spiro atoms. The summed E-state index contributed by atoms with van der Waals surface area (Å²) in [6.07, 6.45) is 0. The highest BCUT2D eigenvalue weighted by Gasteiger charge is 2.16. The third-order valence-corrected chi connectivity index (χ3v) is 3.33. The van der Waals surface area contributed by atoms with Gasteiger partial charge in [-0.25, -0.2) is 8.42 Å². The van der Waals surface area contributed by atoms with Crippen molar-refractivity contribution in [2.24, 2.45) is 0 Å². The lowest BCUT2D eigenvalue weighted by Gasteiger charge is -2.08. The monoisotopic (exact) mass is 323 g/mol. The highest BCUT2D eigenvalue weighted by atomic mass is 79.9. The van der Waals surface area contributed by atoms with E-state index in [-0.39, 0.29) is 5.69 Å².